The van der Waals surface area contributed by atoms with E-state index < -0.39 is 0 Å². The average Bonchev–Trinajstić information content (AvgIpc) is 3.28. The van der Waals surface area contributed by atoms with Gasteiger partial charge in [0, 0.05) is 22.5 Å². The Balaban J connectivity index is 1.49. The van der Waals surface area contributed by atoms with Crippen molar-refractivity contribution in [3.63, 3.8) is 0 Å². The van der Waals surface area contributed by atoms with Gasteiger partial charge < -0.3 is 10.6 Å². The molecule has 1 heterocycles. The predicted octanol–water partition coefficient (Wildman–Crippen LogP) is 6.75. The molecule has 2 N–H and O–H groups in total. The van der Waals surface area contributed by atoms with Crippen LogP contribution >= 0.6 is 23.2 Å². The number of hydrogen-bond acceptors (Lipinski definition) is 2. The molecule has 0 aromatic heterocycles. The van der Waals surface area contributed by atoms with E-state index >= 15 is 0 Å². The first kappa shape index (κ1) is 20.2. The molecular formula is C26H22Cl2N2O. The molecule has 0 bridgehead atoms. The van der Waals surface area contributed by atoms with Crippen LogP contribution in [0.1, 0.15) is 45.4 Å². The Morgan fingerprint density at radius 3 is 2.65 bits per heavy atom. The number of carbonyl (C=O) groups is 1. The number of allylic oxidation sites excluding steroid dienone is 2. The Morgan fingerprint density at radius 1 is 1.00 bits per heavy atom. The summed E-state index contributed by atoms with van der Waals surface area (Å²) in [4.78, 5) is 13.1. The van der Waals surface area contributed by atoms with Gasteiger partial charge in [-0.25, -0.2) is 0 Å². The van der Waals surface area contributed by atoms with Gasteiger partial charge >= 0.3 is 0 Å². The highest BCUT2D eigenvalue weighted by molar-refractivity contribution is 6.35. The highest BCUT2D eigenvalue weighted by Gasteiger charge is 2.39. The first-order chi connectivity index (χ1) is 15.1. The number of nitrogens with one attached hydrogen (secondary N) is 2. The molecule has 0 fully saturated rings. The lowest BCUT2D eigenvalue weighted by Gasteiger charge is -2.38. The van der Waals surface area contributed by atoms with Crippen molar-refractivity contribution in [3.05, 3.63) is 111 Å². The Kier molecular flexibility index (Phi) is 5.47. The first-order valence-electron chi connectivity index (χ1n) is 10.4. The van der Waals surface area contributed by atoms with Gasteiger partial charge in [-0.05, 0) is 47.2 Å². The number of hydrogen-bond donors (Lipinski definition) is 2. The minimum Gasteiger partial charge on any atom is -0.377 e. The number of carbonyl (C=O) groups excluding carboxylic acids is 1. The maximum Gasteiger partial charge on any atom is 0.253 e. The van der Waals surface area contributed by atoms with Crippen LogP contribution in [-0.4, -0.2) is 5.91 Å². The molecule has 3 aromatic carbocycles. The molecule has 0 spiro atoms. The zero-order valence-corrected chi connectivity index (χ0v) is 18.3. The lowest BCUT2D eigenvalue weighted by molar-refractivity contribution is 0.0951. The number of rotatable bonds is 4. The number of benzene rings is 3. The van der Waals surface area contributed by atoms with Gasteiger partial charge in [-0.1, -0.05) is 83.9 Å². The summed E-state index contributed by atoms with van der Waals surface area (Å²) in [7, 11) is 0. The summed E-state index contributed by atoms with van der Waals surface area (Å²) in [5.41, 5.74) is 4.78. The molecule has 3 unspecified atom stereocenters. The van der Waals surface area contributed by atoms with E-state index in [2.05, 4.69) is 28.9 Å². The number of fused-ring (bicyclic) bond motifs is 3. The van der Waals surface area contributed by atoms with E-state index in [1.54, 1.807) is 6.07 Å². The lowest BCUT2D eigenvalue weighted by Crippen LogP contribution is -2.32. The molecule has 0 radical (unpaired) electrons. The molecule has 3 aromatic rings. The van der Waals surface area contributed by atoms with Gasteiger partial charge in [-0.15, -0.1) is 0 Å². The first-order valence-corrected chi connectivity index (χ1v) is 11.2. The second-order valence-corrected chi connectivity index (χ2v) is 8.92. The van der Waals surface area contributed by atoms with Crippen LogP contribution in [0, 0.1) is 5.92 Å². The van der Waals surface area contributed by atoms with Crippen molar-refractivity contribution in [1.29, 1.82) is 0 Å². The van der Waals surface area contributed by atoms with Crippen LogP contribution in [0.15, 0.2) is 78.9 Å². The van der Waals surface area contributed by atoms with E-state index in [4.69, 9.17) is 23.2 Å². The second-order valence-electron chi connectivity index (χ2n) is 8.08. The maximum absolute atomic E-state index is 13.1. The number of para-hydroxylation sites is 1. The van der Waals surface area contributed by atoms with Gasteiger partial charge in [-0.3, -0.25) is 4.79 Å². The van der Waals surface area contributed by atoms with Gasteiger partial charge in [-0.2, -0.15) is 0 Å². The second kappa shape index (κ2) is 8.41. The van der Waals surface area contributed by atoms with Crippen LogP contribution in [0.3, 0.4) is 0 Å². The summed E-state index contributed by atoms with van der Waals surface area (Å²) >= 11 is 12.7. The monoisotopic (exact) mass is 448 g/mol. The Labute approximate surface area is 192 Å². The van der Waals surface area contributed by atoms with Gasteiger partial charge in [0.15, 0.2) is 0 Å². The molecule has 5 rings (SSSR count). The van der Waals surface area contributed by atoms with Crippen molar-refractivity contribution in [2.75, 3.05) is 5.32 Å². The highest BCUT2D eigenvalue weighted by Crippen LogP contribution is 2.51. The van der Waals surface area contributed by atoms with Crippen LogP contribution < -0.4 is 10.6 Å². The third-order valence-corrected chi connectivity index (χ3v) is 6.80. The van der Waals surface area contributed by atoms with Crippen LogP contribution in [-0.2, 0) is 6.54 Å². The standard InChI is InChI=1S/C26H22Cl2N2O/c27-17-12-13-21(23(28)14-17)24-19-9-4-8-18(19)20-10-5-11-22(25(20)30-24)26(31)29-15-16-6-2-1-3-7-16/h1-8,10-14,18-19,24,30H,9,15H2,(H,29,31). The molecule has 156 valence electrons. The third kappa shape index (κ3) is 3.84. The molecular weight excluding hydrogens is 427 g/mol. The predicted molar refractivity (Wildman–Crippen MR) is 127 cm³/mol. The summed E-state index contributed by atoms with van der Waals surface area (Å²) < 4.78 is 0. The number of halogens is 2. The zero-order chi connectivity index (χ0) is 21.4. The normalized spacial score (nSPS) is 21.2. The fraction of sp³-hybridized carbons (Fsp3) is 0.192. The molecule has 0 saturated carbocycles. The van der Waals surface area contributed by atoms with E-state index in [9.17, 15) is 4.79 Å². The Bertz CT molecular complexity index is 1160. The molecule has 0 saturated heterocycles. The third-order valence-electron chi connectivity index (χ3n) is 6.23. The van der Waals surface area contributed by atoms with E-state index in [-0.39, 0.29) is 17.9 Å². The quantitative estimate of drug-likeness (QED) is 0.433. The minimum atomic E-state index is -0.0883. The Hall–Kier alpha value is -2.75. The van der Waals surface area contributed by atoms with Crippen LogP contribution in [0.4, 0.5) is 5.69 Å². The van der Waals surface area contributed by atoms with Gasteiger partial charge in [0.1, 0.15) is 0 Å². The SMILES string of the molecule is O=C(NCc1ccccc1)c1cccc2c1NC(c1ccc(Cl)cc1Cl)C1CC=CC21. The summed E-state index contributed by atoms with van der Waals surface area (Å²) in [5, 5.41) is 7.98. The smallest absolute Gasteiger partial charge is 0.253 e. The van der Waals surface area contributed by atoms with Crippen LogP contribution in [0.2, 0.25) is 10.0 Å². The van der Waals surface area contributed by atoms with Crippen molar-refractivity contribution in [1.82, 2.24) is 5.32 Å². The summed E-state index contributed by atoms with van der Waals surface area (Å²) in [5.74, 6) is 0.498. The topological polar surface area (TPSA) is 41.1 Å². The highest BCUT2D eigenvalue weighted by atomic mass is 35.5. The van der Waals surface area contributed by atoms with E-state index in [0.717, 1.165) is 28.8 Å². The molecule has 2 aliphatic rings. The van der Waals surface area contributed by atoms with Gasteiger partial charge in [0.2, 0.25) is 0 Å². The molecule has 31 heavy (non-hydrogen) atoms. The van der Waals surface area contributed by atoms with Crippen LogP contribution in [0.5, 0.6) is 0 Å². The van der Waals surface area contributed by atoms with Crippen molar-refractivity contribution in [2.24, 2.45) is 5.92 Å². The van der Waals surface area contributed by atoms with Gasteiger partial charge in [0.05, 0.1) is 17.3 Å². The van der Waals surface area contributed by atoms with Crippen molar-refractivity contribution < 1.29 is 4.79 Å². The zero-order valence-electron chi connectivity index (χ0n) is 16.8. The molecule has 1 aliphatic heterocycles. The maximum atomic E-state index is 13.1. The largest absolute Gasteiger partial charge is 0.377 e. The molecule has 3 atom stereocenters. The average molecular weight is 449 g/mol. The fourth-order valence-corrected chi connectivity index (χ4v) is 5.27. The van der Waals surface area contributed by atoms with E-state index in [1.165, 1.54) is 0 Å². The molecule has 5 heteroatoms. The van der Waals surface area contributed by atoms with Crippen LogP contribution in [0.25, 0.3) is 0 Å². The fourth-order valence-electron chi connectivity index (χ4n) is 4.75. The summed E-state index contributed by atoms with van der Waals surface area (Å²) in [6.07, 6.45) is 5.45. The lowest BCUT2D eigenvalue weighted by atomic mass is 9.76. The van der Waals surface area contributed by atoms with Crippen molar-refractivity contribution in [3.8, 4) is 0 Å². The summed E-state index contributed by atoms with van der Waals surface area (Å²) in [6, 6.07) is 21.5. The van der Waals surface area contributed by atoms with E-state index in [0.29, 0.717) is 28.1 Å². The van der Waals surface area contributed by atoms with E-state index in [1.807, 2.05) is 54.6 Å². The summed E-state index contributed by atoms with van der Waals surface area (Å²) in [6.45, 7) is 0.488. The number of amides is 1. The van der Waals surface area contributed by atoms with Gasteiger partial charge in [0.25, 0.3) is 5.91 Å². The van der Waals surface area contributed by atoms with Crippen molar-refractivity contribution >= 4 is 34.8 Å². The Morgan fingerprint density at radius 2 is 1.84 bits per heavy atom. The molecule has 1 aliphatic carbocycles. The minimum absolute atomic E-state index is 0.000315. The molecule has 1 amide bonds. The number of anilines is 1. The molecule has 3 nitrogen and oxygen atoms in total. The van der Waals surface area contributed by atoms with Crippen molar-refractivity contribution in [2.45, 2.75) is 24.9 Å².